The highest BCUT2D eigenvalue weighted by Gasteiger charge is 2.34. The fraction of sp³-hybridized carbons (Fsp3) is 0.538. The monoisotopic (exact) mass is 260 g/mol. The molecule has 0 fully saturated rings. The summed E-state index contributed by atoms with van der Waals surface area (Å²) in [5, 5.41) is 10.6. The molecule has 1 N–H and O–H groups in total. The second-order valence-electron chi connectivity index (χ2n) is 4.17. The molecular weight excluding hydrogens is 243 g/mol. The lowest BCUT2D eigenvalue weighted by atomic mass is 9.90. The third-order valence-electron chi connectivity index (χ3n) is 3.01. The Labute approximate surface area is 106 Å². The summed E-state index contributed by atoms with van der Waals surface area (Å²) in [6.07, 6.45) is -0.342. The first kappa shape index (κ1) is 14.4. The van der Waals surface area contributed by atoms with E-state index in [1.54, 1.807) is 6.92 Å². The van der Waals surface area contributed by atoms with Crippen LogP contribution in [0.2, 0.25) is 5.02 Å². The predicted octanol–water partition coefficient (Wildman–Crippen LogP) is 3.72. The van der Waals surface area contributed by atoms with Crippen molar-refractivity contribution in [2.24, 2.45) is 0 Å². The van der Waals surface area contributed by atoms with Gasteiger partial charge < -0.3 is 9.84 Å². The molecule has 1 aromatic rings. The number of aliphatic hydroxyl groups is 1. The summed E-state index contributed by atoms with van der Waals surface area (Å²) in [7, 11) is 0. The van der Waals surface area contributed by atoms with Gasteiger partial charge in [-0.2, -0.15) is 0 Å². The van der Waals surface area contributed by atoms with Crippen LogP contribution in [0.25, 0.3) is 0 Å². The summed E-state index contributed by atoms with van der Waals surface area (Å²) < 4.78 is 18.7. The van der Waals surface area contributed by atoms with Crippen molar-refractivity contribution in [2.75, 3.05) is 6.61 Å². The molecule has 0 heterocycles. The van der Waals surface area contributed by atoms with E-state index in [2.05, 4.69) is 0 Å². The predicted molar refractivity (Wildman–Crippen MR) is 66.7 cm³/mol. The Kier molecular flexibility index (Phi) is 4.92. The zero-order valence-electron chi connectivity index (χ0n) is 10.3. The Morgan fingerprint density at radius 3 is 2.65 bits per heavy atom. The van der Waals surface area contributed by atoms with E-state index >= 15 is 0 Å². The topological polar surface area (TPSA) is 29.5 Å². The number of ether oxygens (including phenoxy) is 1. The van der Waals surface area contributed by atoms with E-state index in [1.165, 1.54) is 18.2 Å². The maximum Gasteiger partial charge on any atom is 0.123 e. The van der Waals surface area contributed by atoms with Crippen LogP contribution >= 0.6 is 11.6 Å². The highest BCUT2D eigenvalue weighted by molar-refractivity contribution is 6.31. The SMILES string of the molecule is CCOC(C)(CC)C(O)c1cc(F)ccc1Cl. The highest BCUT2D eigenvalue weighted by atomic mass is 35.5. The Balaban J connectivity index is 3.09. The van der Waals surface area contributed by atoms with Crippen molar-refractivity contribution < 1.29 is 14.2 Å². The van der Waals surface area contributed by atoms with Crippen LogP contribution in [0.4, 0.5) is 4.39 Å². The van der Waals surface area contributed by atoms with Crippen molar-refractivity contribution in [2.45, 2.75) is 38.9 Å². The molecule has 0 bridgehead atoms. The van der Waals surface area contributed by atoms with Crippen LogP contribution in [-0.4, -0.2) is 17.3 Å². The van der Waals surface area contributed by atoms with Crippen LogP contribution < -0.4 is 0 Å². The quantitative estimate of drug-likeness (QED) is 0.874. The van der Waals surface area contributed by atoms with Gasteiger partial charge in [-0.15, -0.1) is 0 Å². The minimum atomic E-state index is -0.948. The Hall–Kier alpha value is -0.640. The molecule has 0 radical (unpaired) electrons. The van der Waals surface area contributed by atoms with E-state index in [-0.39, 0.29) is 0 Å². The van der Waals surface area contributed by atoms with Gasteiger partial charge in [0.25, 0.3) is 0 Å². The van der Waals surface area contributed by atoms with E-state index in [0.29, 0.717) is 23.6 Å². The first-order valence-corrected chi connectivity index (χ1v) is 6.09. The van der Waals surface area contributed by atoms with E-state index in [0.717, 1.165) is 0 Å². The summed E-state index contributed by atoms with van der Waals surface area (Å²) in [5.74, 6) is -0.418. The molecule has 1 aromatic carbocycles. The molecule has 0 saturated heterocycles. The molecule has 0 saturated carbocycles. The third kappa shape index (κ3) is 3.18. The van der Waals surface area contributed by atoms with Crippen LogP contribution in [0.1, 0.15) is 38.9 Å². The molecule has 0 spiro atoms. The minimum absolute atomic E-state index is 0.346. The van der Waals surface area contributed by atoms with Gasteiger partial charge in [0.1, 0.15) is 11.9 Å². The lowest BCUT2D eigenvalue weighted by molar-refractivity contribution is -0.113. The molecule has 2 atom stereocenters. The molecule has 0 aromatic heterocycles. The van der Waals surface area contributed by atoms with Gasteiger partial charge in [-0.25, -0.2) is 4.39 Å². The van der Waals surface area contributed by atoms with Gasteiger partial charge in [0, 0.05) is 17.2 Å². The third-order valence-corrected chi connectivity index (χ3v) is 3.35. The van der Waals surface area contributed by atoms with Gasteiger partial charge in [-0.05, 0) is 38.5 Å². The Morgan fingerprint density at radius 1 is 1.47 bits per heavy atom. The van der Waals surface area contributed by atoms with Gasteiger partial charge in [0.2, 0.25) is 0 Å². The lowest BCUT2D eigenvalue weighted by Gasteiger charge is -2.34. The largest absolute Gasteiger partial charge is 0.385 e. The molecule has 0 amide bonds. The van der Waals surface area contributed by atoms with Gasteiger partial charge >= 0.3 is 0 Å². The zero-order chi connectivity index (χ0) is 13.1. The normalized spacial score (nSPS) is 16.6. The molecule has 0 aliphatic heterocycles. The Morgan fingerprint density at radius 2 is 2.12 bits per heavy atom. The van der Waals surface area contributed by atoms with Crippen LogP contribution in [0, 0.1) is 5.82 Å². The Bertz CT molecular complexity index is 384. The fourth-order valence-corrected chi connectivity index (χ4v) is 1.98. The number of hydrogen-bond acceptors (Lipinski definition) is 2. The number of rotatable bonds is 5. The smallest absolute Gasteiger partial charge is 0.123 e. The molecule has 0 aliphatic rings. The van der Waals surface area contributed by atoms with E-state index in [9.17, 15) is 9.50 Å². The van der Waals surface area contributed by atoms with Gasteiger partial charge in [0.15, 0.2) is 0 Å². The summed E-state index contributed by atoms with van der Waals surface area (Å²) in [4.78, 5) is 0. The van der Waals surface area contributed by atoms with E-state index in [4.69, 9.17) is 16.3 Å². The second kappa shape index (κ2) is 5.80. The highest BCUT2D eigenvalue weighted by Crippen LogP contribution is 2.35. The molecule has 0 aliphatic carbocycles. The molecule has 96 valence electrons. The van der Waals surface area contributed by atoms with Crippen molar-refractivity contribution in [1.29, 1.82) is 0 Å². The van der Waals surface area contributed by atoms with Gasteiger partial charge in [-0.1, -0.05) is 18.5 Å². The molecule has 4 heteroatoms. The zero-order valence-corrected chi connectivity index (χ0v) is 11.1. The van der Waals surface area contributed by atoms with E-state index < -0.39 is 17.5 Å². The number of hydrogen-bond donors (Lipinski definition) is 1. The minimum Gasteiger partial charge on any atom is -0.385 e. The molecule has 1 rings (SSSR count). The van der Waals surface area contributed by atoms with Crippen molar-refractivity contribution in [3.05, 3.63) is 34.6 Å². The summed E-state index contributed by atoms with van der Waals surface area (Å²) in [6.45, 7) is 6.04. The van der Waals surface area contributed by atoms with E-state index in [1.807, 2.05) is 13.8 Å². The summed E-state index contributed by atoms with van der Waals surface area (Å²) >= 11 is 5.97. The van der Waals surface area contributed by atoms with Crippen molar-refractivity contribution in [3.8, 4) is 0 Å². The molecular formula is C13H18ClFO2. The maximum absolute atomic E-state index is 13.2. The first-order chi connectivity index (χ1) is 7.94. The van der Waals surface area contributed by atoms with Gasteiger partial charge in [0.05, 0.1) is 5.60 Å². The molecule has 17 heavy (non-hydrogen) atoms. The fourth-order valence-electron chi connectivity index (χ4n) is 1.76. The lowest BCUT2D eigenvalue weighted by Crippen LogP contribution is -2.35. The number of aliphatic hydroxyl groups excluding tert-OH is 1. The van der Waals surface area contributed by atoms with Crippen molar-refractivity contribution in [1.82, 2.24) is 0 Å². The second-order valence-corrected chi connectivity index (χ2v) is 4.57. The molecule has 2 nitrogen and oxygen atoms in total. The summed E-state index contributed by atoms with van der Waals surface area (Å²) in [6, 6.07) is 3.96. The van der Waals surface area contributed by atoms with Crippen LogP contribution in [-0.2, 0) is 4.74 Å². The standard InChI is InChI=1S/C13H18ClFO2/c1-4-13(3,17-5-2)12(16)10-8-9(15)6-7-11(10)14/h6-8,12,16H,4-5H2,1-3H3. The maximum atomic E-state index is 13.2. The van der Waals surface area contributed by atoms with Crippen LogP contribution in [0.3, 0.4) is 0 Å². The van der Waals surface area contributed by atoms with Crippen molar-refractivity contribution >= 4 is 11.6 Å². The van der Waals surface area contributed by atoms with Crippen molar-refractivity contribution in [3.63, 3.8) is 0 Å². The van der Waals surface area contributed by atoms with Gasteiger partial charge in [-0.3, -0.25) is 0 Å². The first-order valence-electron chi connectivity index (χ1n) is 5.71. The summed E-state index contributed by atoms with van der Waals surface area (Å²) in [5.41, 5.74) is -0.393. The number of benzene rings is 1. The number of halogens is 2. The average Bonchev–Trinajstić information content (AvgIpc) is 2.31. The average molecular weight is 261 g/mol. The molecule has 2 unspecified atom stereocenters. The van der Waals surface area contributed by atoms with Crippen LogP contribution in [0.5, 0.6) is 0 Å². The van der Waals surface area contributed by atoms with Crippen LogP contribution in [0.15, 0.2) is 18.2 Å².